The second kappa shape index (κ2) is 4.57. The molecule has 0 aliphatic carbocycles. The van der Waals surface area contributed by atoms with Crippen molar-refractivity contribution >= 4 is 0 Å². The van der Waals surface area contributed by atoms with Gasteiger partial charge in [0.1, 0.15) is 0 Å². The highest BCUT2D eigenvalue weighted by molar-refractivity contribution is 4.95. The Balaban J connectivity index is 1.94. The van der Waals surface area contributed by atoms with Gasteiger partial charge in [-0.3, -0.25) is 4.90 Å². The number of hydrogen-bond donors (Lipinski definition) is 2. The van der Waals surface area contributed by atoms with E-state index >= 15 is 0 Å². The van der Waals surface area contributed by atoms with Crippen LogP contribution in [0.4, 0.5) is 0 Å². The molecule has 4 nitrogen and oxygen atoms in total. The summed E-state index contributed by atoms with van der Waals surface area (Å²) in [4.78, 5) is 9.62. The monoisotopic (exact) mass is 194 g/mol. The number of hydrogen-bond acceptors (Lipinski definition) is 3. The second-order valence-corrected chi connectivity index (χ2v) is 3.93. The van der Waals surface area contributed by atoms with Gasteiger partial charge < -0.3 is 10.7 Å². The summed E-state index contributed by atoms with van der Waals surface area (Å²) in [5.74, 6) is 0. The lowest BCUT2D eigenvalue weighted by atomic mass is 10.0. The van der Waals surface area contributed by atoms with Crippen LogP contribution < -0.4 is 5.73 Å². The Morgan fingerprint density at radius 1 is 1.57 bits per heavy atom. The number of H-pyrrole nitrogens is 1. The molecule has 1 aliphatic heterocycles. The van der Waals surface area contributed by atoms with E-state index in [0.717, 1.165) is 13.1 Å². The number of rotatable bonds is 3. The van der Waals surface area contributed by atoms with Crippen molar-refractivity contribution in [1.82, 2.24) is 14.9 Å². The van der Waals surface area contributed by atoms with Crippen LogP contribution in [0.25, 0.3) is 0 Å². The molecule has 1 fully saturated rings. The Hall–Kier alpha value is -0.870. The summed E-state index contributed by atoms with van der Waals surface area (Å²) in [6, 6.07) is 0.562. The van der Waals surface area contributed by atoms with Crippen molar-refractivity contribution in [2.24, 2.45) is 5.73 Å². The van der Waals surface area contributed by atoms with E-state index in [4.69, 9.17) is 5.73 Å². The smallest absolute Gasteiger partial charge is 0.0922 e. The van der Waals surface area contributed by atoms with Crippen molar-refractivity contribution in [3.8, 4) is 0 Å². The van der Waals surface area contributed by atoms with E-state index in [1.807, 2.05) is 6.20 Å². The molecule has 14 heavy (non-hydrogen) atoms. The van der Waals surface area contributed by atoms with Crippen LogP contribution >= 0.6 is 0 Å². The fourth-order valence-electron chi connectivity index (χ4n) is 2.13. The molecule has 1 aromatic heterocycles. The first-order valence-corrected chi connectivity index (χ1v) is 5.31. The predicted molar refractivity (Wildman–Crippen MR) is 55.7 cm³/mol. The van der Waals surface area contributed by atoms with E-state index in [1.165, 1.54) is 31.5 Å². The van der Waals surface area contributed by atoms with Crippen molar-refractivity contribution in [1.29, 1.82) is 0 Å². The van der Waals surface area contributed by atoms with Crippen LogP contribution in [0.5, 0.6) is 0 Å². The normalized spacial score (nSPS) is 23.9. The van der Waals surface area contributed by atoms with Gasteiger partial charge in [-0.05, 0) is 19.4 Å². The number of piperidine rings is 1. The molecule has 78 valence electrons. The van der Waals surface area contributed by atoms with Gasteiger partial charge in [-0.25, -0.2) is 4.98 Å². The zero-order valence-corrected chi connectivity index (χ0v) is 8.45. The minimum Gasteiger partial charge on any atom is -0.347 e. The van der Waals surface area contributed by atoms with Crippen LogP contribution in [0, 0.1) is 0 Å². The summed E-state index contributed by atoms with van der Waals surface area (Å²) in [5.41, 5.74) is 6.94. The molecular weight excluding hydrogens is 176 g/mol. The molecule has 1 unspecified atom stereocenters. The Morgan fingerprint density at radius 3 is 3.21 bits per heavy atom. The fourth-order valence-corrected chi connectivity index (χ4v) is 2.13. The lowest BCUT2D eigenvalue weighted by Crippen LogP contribution is -2.43. The van der Waals surface area contributed by atoms with E-state index in [0.29, 0.717) is 6.04 Å². The zero-order chi connectivity index (χ0) is 9.80. The van der Waals surface area contributed by atoms with Crippen LogP contribution in [0.15, 0.2) is 12.5 Å². The standard InChI is InChI=1S/C10H18N4/c11-5-10-3-1-2-4-14(10)7-9-6-12-8-13-9/h6,8,10H,1-5,7,11H2,(H,12,13). The average molecular weight is 194 g/mol. The molecule has 0 aromatic carbocycles. The third-order valence-electron chi connectivity index (χ3n) is 2.95. The first-order chi connectivity index (χ1) is 6.90. The summed E-state index contributed by atoms with van der Waals surface area (Å²) in [6.45, 7) is 2.90. The Bertz CT molecular complexity index is 257. The highest BCUT2D eigenvalue weighted by atomic mass is 15.2. The number of aromatic nitrogens is 2. The van der Waals surface area contributed by atoms with Gasteiger partial charge >= 0.3 is 0 Å². The van der Waals surface area contributed by atoms with Crippen LogP contribution in [0.1, 0.15) is 25.0 Å². The molecule has 4 heteroatoms. The third kappa shape index (κ3) is 2.13. The molecule has 1 aromatic rings. The Morgan fingerprint density at radius 2 is 2.50 bits per heavy atom. The van der Waals surface area contributed by atoms with Gasteiger partial charge in [0, 0.05) is 31.0 Å². The van der Waals surface area contributed by atoms with Crippen LogP contribution in [-0.4, -0.2) is 34.0 Å². The van der Waals surface area contributed by atoms with E-state index in [9.17, 15) is 0 Å². The predicted octanol–water partition coefficient (Wildman–Crippen LogP) is 0.723. The SMILES string of the molecule is NCC1CCCCN1Cc1cnc[nH]1. The van der Waals surface area contributed by atoms with Gasteiger partial charge in [0.25, 0.3) is 0 Å². The van der Waals surface area contributed by atoms with Crippen molar-refractivity contribution in [3.05, 3.63) is 18.2 Å². The second-order valence-electron chi connectivity index (χ2n) is 3.93. The highest BCUT2D eigenvalue weighted by Gasteiger charge is 2.20. The van der Waals surface area contributed by atoms with E-state index in [1.54, 1.807) is 6.33 Å². The first kappa shape index (κ1) is 9.68. The van der Waals surface area contributed by atoms with Gasteiger partial charge in [0.15, 0.2) is 0 Å². The Kier molecular flexibility index (Phi) is 3.16. The number of aromatic amines is 1. The highest BCUT2D eigenvalue weighted by Crippen LogP contribution is 2.17. The molecule has 2 heterocycles. The molecule has 0 saturated carbocycles. The maximum absolute atomic E-state index is 5.76. The number of likely N-dealkylation sites (tertiary alicyclic amines) is 1. The number of nitrogens with zero attached hydrogens (tertiary/aromatic N) is 2. The largest absolute Gasteiger partial charge is 0.347 e. The number of nitrogens with two attached hydrogens (primary N) is 1. The molecule has 3 N–H and O–H groups in total. The number of nitrogens with one attached hydrogen (secondary N) is 1. The summed E-state index contributed by atoms with van der Waals surface area (Å²) < 4.78 is 0. The molecule has 1 saturated heterocycles. The third-order valence-corrected chi connectivity index (χ3v) is 2.95. The first-order valence-electron chi connectivity index (χ1n) is 5.31. The minimum absolute atomic E-state index is 0.562. The van der Waals surface area contributed by atoms with Crippen LogP contribution in [0.2, 0.25) is 0 Å². The van der Waals surface area contributed by atoms with Crippen LogP contribution in [-0.2, 0) is 6.54 Å². The lowest BCUT2D eigenvalue weighted by Gasteiger charge is -2.34. The molecular formula is C10H18N4. The Labute approximate surface area is 84.5 Å². The van der Waals surface area contributed by atoms with Gasteiger partial charge in [-0.2, -0.15) is 0 Å². The van der Waals surface area contributed by atoms with Crippen molar-refractivity contribution in [2.45, 2.75) is 31.8 Å². The van der Waals surface area contributed by atoms with Gasteiger partial charge in [-0.15, -0.1) is 0 Å². The molecule has 2 rings (SSSR count). The molecule has 0 radical (unpaired) electrons. The van der Waals surface area contributed by atoms with Crippen molar-refractivity contribution < 1.29 is 0 Å². The molecule has 0 bridgehead atoms. The summed E-state index contributed by atoms with van der Waals surface area (Å²) in [6.07, 6.45) is 7.48. The summed E-state index contributed by atoms with van der Waals surface area (Å²) in [5, 5.41) is 0. The molecule has 1 atom stereocenters. The maximum atomic E-state index is 5.76. The molecule has 1 aliphatic rings. The summed E-state index contributed by atoms with van der Waals surface area (Å²) in [7, 11) is 0. The van der Waals surface area contributed by atoms with Gasteiger partial charge in [-0.1, -0.05) is 6.42 Å². The number of imidazole rings is 1. The van der Waals surface area contributed by atoms with Gasteiger partial charge in [0.05, 0.1) is 6.33 Å². The van der Waals surface area contributed by atoms with Crippen LogP contribution in [0.3, 0.4) is 0 Å². The molecule has 0 spiro atoms. The summed E-state index contributed by atoms with van der Waals surface area (Å²) >= 11 is 0. The van der Waals surface area contributed by atoms with E-state index in [-0.39, 0.29) is 0 Å². The van der Waals surface area contributed by atoms with Crippen molar-refractivity contribution in [2.75, 3.05) is 13.1 Å². The van der Waals surface area contributed by atoms with Crippen molar-refractivity contribution in [3.63, 3.8) is 0 Å². The quantitative estimate of drug-likeness (QED) is 0.745. The average Bonchev–Trinajstić information content (AvgIpc) is 2.71. The zero-order valence-electron chi connectivity index (χ0n) is 8.45. The van der Waals surface area contributed by atoms with Gasteiger partial charge in [0.2, 0.25) is 0 Å². The maximum Gasteiger partial charge on any atom is 0.0922 e. The lowest BCUT2D eigenvalue weighted by molar-refractivity contribution is 0.143. The minimum atomic E-state index is 0.562. The molecule has 0 amide bonds. The van der Waals surface area contributed by atoms with E-state index in [2.05, 4.69) is 14.9 Å². The topological polar surface area (TPSA) is 57.9 Å². The van der Waals surface area contributed by atoms with E-state index < -0.39 is 0 Å². The fraction of sp³-hybridized carbons (Fsp3) is 0.700.